The molecule has 0 N–H and O–H groups in total. The van der Waals surface area contributed by atoms with Crippen LogP contribution in [0, 0.1) is 0 Å². The number of carbonyl (C=O) groups is 1. The Labute approximate surface area is 135 Å². The minimum Gasteiger partial charge on any atom is -0.497 e. The lowest BCUT2D eigenvalue weighted by Crippen LogP contribution is -1.99. The summed E-state index contributed by atoms with van der Waals surface area (Å²) in [6.07, 6.45) is 0. The smallest absolute Gasteiger partial charge is 0.159 e. The molecule has 0 amide bonds. The fourth-order valence-corrected chi connectivity index (χ4v) is 2.92. The molecule has 2 aromatic rings. The maximum absolute atomic E-state index is 11.6. The molecular formula is C18H20O3S. The monoisotopic (exact) mass is 316 g/mol. The van der Waals surface area contributed by atoms with Crippen LogP contribution in [-0.4, -0.2) is 19.5 Å². The van der Waals surface area contributed by atoms with E-state index in [-0.39, 0.29) is 5.78 Å². The van der Waals surface area contributed by atoms with Crippen LogP contribution in [0.2, 0.25) is 0 Å². The molecule has 116 valence electrons. The molecule has 0 unspecified atom stereocenters. The van der Waals surface area contributed by atoms with Crippen molar-refractivity contribution in [2.45, 2.75) is 24.5 Å². The third-order valence-corrected chi connectivity index (χ3v) is 4.28. The number of hydrogen-bond donors (Lipinski definition) is 0. The van der Waals surface area contributed by atoms with E-state index in [0.717, 1.165) is 27.7 Å². The molecule has 4 heteroatoms. The topological polar surface area (TPSA) is 35.5 Å². The molecular weight excluding hydrogens is 296 g/mol. The van der Waals surface area contributed by atoms with E-state index in [1.165, 1.54) is 0 Å². The average molecular weight is 316 g/mol. The van der Waals surface area contributed by atoms with E-state index in [1.807, 2.05) is 49.4 Å². The Morgan fingerprint density at radius 3 is 2.45 bits per heavy atom. The first-order valence-corrected chi connectivity index (χ1v) is 8.16. The summed E-state index contributed by atoms with van der Waals surface area (Å²) in [4.78, 5) is 12.7. The average Bonchev–Trinajstić information content (AvgIpc) is 2.54. The number of Topliss-reactive ketones (excluding diaryl/α,β-unsaturated/α-hetero) is 1. The number of carbonyl (C=O) groups excluding carboxylic acids is 1. The van der Waals surface area contributed by atoms with Gasteiger partial charge in [0.25, 0.3) is 0 Å². The summed E-state index contributed by atoms with van der Waals surface area (Å²) in [5, 5.41) is 0. The SMILES string of the molecule is CCOc1ccc(C(C)=O)cc1CSc1ccc(OC)cc1. The van der Waals surface area contributed by atoms with Crippen molar-refractivity contribution < 1.29 is 14.3 Å². The van der Waals surface area contributed by atoms with Crippen LogP contribution in [0.5, 0.6) is 11.5 Å². The van der Waals surface area contributed by atoms with Gasteiger partial charge in [0.1, 0.15) is 11.5 Å². The third kappa shape index (κ3) is 4.28. The second-order valence-corrected chi connectivity index (χ2v) is 5.82. The van der Waals surface area contributed by atoms with E-state index in [9.17, 15) is 4.79 Å². The lowest BCUT2D eigenvalue weighted by atomic mass is 10.1. The molecule has 0 aromatic heterocycles. The molecule has 0 spiro atoms. The fraction of sp³-hybridized carbons (Fsp3) is 0.278. The molecule has 3 nitrogen and oxygen atoms in total. The lowest BCUT2D eigenvalue weighted by molar-refractivity contribution is 0.101. The van der Waals surface area contributed by atoms with Crippen LogP contribution < -0.4 is 9.47 Å². The molecule has 0 bridgehead atoms. The number of benzene rings is 2. The summed E-state index contributed by atoms with van der Waals surface area (Å²) in [6, 6.07) is 13.6. The summed E-state index contributed by atoms with van der Waals surface area (Å²) >= 11 is 1.71. The first kappa shape index (κ1) is 16.4. The first-order valence-electron chi connectivity index (χ1n) is 7.17. The first-order chi connectivity index (χ1) is 10.6. The molecule has 0 saturated heterocycles. The zero-order valence-electron chi connectivity index (χ0n) is 13.1. The largest absolute Gasteiger partial charge is 0.497 e. The van der Waals surface area contributed by atoms with Crippen molar-refractivity contribution in [3.05, 3.63) is 53.6 Å². The third-order valence-electron chi connectivity index (χ3n) is 3.22. The summed E-state index contributed by atoms with van der Waals surface area (Å²) in [6.45, 7) is 4.15. The van der Waals surface area contributed by atoms with E-state index in [4.69, 9.17) is 9.47 Å². The van der Waals surface area contributed by atoms with E-state index in [0.29, 0.717) is 12.2 Å². The Morgan fingerprint density at radius 1 is 1.14 bits per heavy atom. The molecule has 2 rings (SSSR count). The fourth-order valence-electron chi connectivity index (χ4n) is 2.04. The van der Waals surface area contributed by atoms with Gasteiger partial charge in [0, 0.05) is 21.8 Å². The maximum atomic E-state index is 11.6. The Bertz CT molecular complexity index is 635. The van der Waals surface area contributed by atoms with Gasteiger partial charge in [0.05, 0.1) is 13.7 Å². The number of hydrogen-bond acceptors (Lipinski definition) is 4. The van der Waals surface area contributed by atoms with Crippen molar-refractivity contribution >= 4 is 17.5 Å². The standard InChI is InChI=1S/C18H20O3S/c1-4-21-18-10-5-14(13(2)19)11-15(18)12-22-17-8-6-16(20-3)7-9-17/h5-11H,4,12H2,1-3H3. The highest BCUT2D eigenvalue weighted by atomic mass is 32.2. The lowest BCUT2D eigenvalue weighted by Gasteiger charge is -2.11. The molecule has 22 heavy (non-hydrogen) atoms. The summed E-state index contributed by atoms with van der Waals surface area (Å²) in [5.41, 5.74) is 1.75. The number of rotatable bonds is 7. The molecule has 0 saturated carbocycles. The van der Waals surface area contributed by atoms with E-state index in [2.05, 4.69) is 0 Å². The van der Waals surface area contributed by atoms with Gasteiger partial charge in [-0.1, -0.05) is 0 Å². The van der Waals surface area contributed by atoms with Gasteiger partial charge in [0.2, 0.25) is 0 Å². The summed E-state index contributed by atoms with van der Waals surface area (Å²) in [7, 11) is 1.66. The van der Waals surface area contributed by atoms with Crippen molar-refractivity contribution in [2.75, 3.05) is 13.7 Å². The summed E-state index contributed by atoms with van der Waals surface area (Å²) in [5.74, 6) is 2.51. The van der Waals surface area contributed by atoms with Crippen LogP contribution >= 0.6 is 11.8 Å². The predicted molar refractivity (Wildman–Crippen MR) is 90.2 cm³/mol. The number of methoxy groups -OCH3 is 1. The molecule has 2 aromatic carbocycles. The maximum Gasteiger partial charge on any atom is 0.159 e. The second-order valence-electron chi connectivity index (χ2n) is 4.78. The van der Waals surface area contributed by atoms with Crippen molar-refractivity contribution in [3.8, 4) is 11.5 Å². The number of thioether (sulfide) groups is 1. The van der Waals surface area contributed by atoms with E-state index >= 15 is 0 Å². The molecule has 0 fully saturated rings. The zero-order chi connectivity index (χ0) is 15.9. The van der Waals surface area contributed by atoms with Crippen molar-refractivity contribution in [3.63, 3.8) is 0 Å². The normalized spacial score (nSPS) is 10.3. The van der Waals surface area contributed by atoms with Crippen LogP contribution in [-0.2, 0) is 5.75 Å². The van der Waals surface area contributed by atoms with E-state index < -0.39 is 0 Å². The molecule has 0 heterocycles. The minimum atomic E-state index is 0.0683. The number of ether oxygens (including phenoxy) is 2. The van der Waals surface area contributed by atoms with Crippen LogP contribution in [0.4, 0.5) is 0 Å². The van der Waals surface area contributed by atoms with Gasteiger partial charge in [0.15, 0.2) is 5.78 Å². The van der Waals surface area contributed by atoms with Crippen LogP contribution in [0.1, 0.15) is 29.8 Å². The second kappa shape index (κ2) is 7.90. The van der Waals surface area contributed by atoms with Gasteiger partial charge < -0.3 is 9.47 Å². The van der Waals surface area contributed by atoms with Crippen molar-refractivity contribution in [2.24, 2.45) is 0 Å². The van der Waals surface area contributed by atoms with Gasteiger partial charge in [-0.3, -0.25) is 4.79 Å². The van der Waals surface area contributed by atoms with Gasteiger partial charge in [-0.2, -0.15) is 0 Å². The number of ketones is 1. The van der Waals surface area contributed by atoms with Gasteiger partial charge in [-0.15, -0.1) is 11.8 Å². The van der Waals surface area contributed by atoms with E-state index in [1.54, 1.807) is 25.8 Å². The molecule has 0 aliphatic rings. The Hall–Kier alpha value is -1.94. The molecule has 0 radical (unpaired) electrons. The summed E-state index contributed by atoms with van der Waals surface area (Å²) < 4.78 is 10.8. The van der Waals surface area contributed by atoms with Crippen LogP contribution in [0.25, 0.3) is 0 Å². The molecule has 0 aliphatic heterocycles. The quantitative estimate of drug-likeness (QED) is 0.553. The van der Waals surface area contributed by atoms with Crippen LogP contribution in [0.3, 0.4) is 0 Å². The van der Waals surface area contributed by atoms with Crippen LogP contribution in [0.15, 0.2) is 47.4 Å². The predicted octanol–water partition coefficient (Wildman–Crippen LogP) is 4.59. The van der Waals surface area contributed by atoms with Crippen molar-refractivity contribution in [1.82, 2.24) is 0 Å². The van der Waals surface area contributed by atoms with Crippen molar-refractivity contribution in [1.29, 1.82) is 0 Å². The highest BCUT2D eigenvalue weighted by Crippen LogP contribution is 2.30. The highest BCUT2D eigenvalue weighted by Gasteiger charge is 2.08. The van der Waals surface area contributed by atoms with Gasteiger partial charge >= 0.3 is 0 Å². The Kier molecular flexibility index (Phi) is 5.90. The van der Waals surface area contributed by atoms with Gasteiger partial charge in [-0.25, -0.2) is 0 Å². The molecule has 0 aliphatic carbocycles. The Morgan fingerprint density at radius 2 is 1.86 bits per heavy atom. The zero-order valence-corrected chi connectivity index (χ0v) is 13.9. The Balaban J connectivity index is 2.15. The van der Waals surface area contributed by atoms with Gasteiger partial charge in [-0.05, 0) is 56.3 Å². The minimum absolute atomic E-state index is 0.0683. The highest BCUT2D eigenvalue weighted by molar-refractivity contribution is 7.98. The molecule has 0 atom stereocenters.